The molecule has 2 rings (SSSR count). The molecule has 2 unspecified atom stereocenters. The minimum Gasteiger partial charge on any atom is -0.391 e. The highest BCUT2D eigenvalue weighted by Crippen LogP contribution is 2.33. The SMILES string of the molecule is CCCc1nc(N2CC(C)CCC2C)sc1CO. The van der Waals surface area contributed by atoms with Crippen LogP contribution in [0, 0.1) is 5.92 Å². The highest BCUT2D eigenvalue weighted by atomic mass is 32.1. The lowest BCUT2D eigenvalue weighted by Crippen LogP contribution is -2.41. The van der Waals surface area contributed by atoms with E-state index in [9.17, 15) is 5.11 Å². The molecule has 0 spiro atoms. The van der Waals surface area contributed by atoms with Gasteiger partial charge < -0.3 is 10.0 Å². The van der Waals surface area contributed by atoms with Crippen molar-refractivity contribution in [1.82, 2.24) is 4.98 Å². The van der Waals surface area contributed by atoms with Gasteiger partial charge in [-0.25, -0.2) is 4.98 Å². The number of anilines is 1. The molecular weight excluding hydrogens is 244 g/mol. The smallest absolute Gasteiger partial charge is 0.186 e. The first kappa shape index (κ1) is 13.8. The molecule has 4 heteroatoms. The first-order valence-electron chi connectivity index (χ1n) is 7.01. The van der Waals surface area contributed by atoms with E-state index in [2.05, 4.69) is 25.7 Å². The van der Waals surface area contributed by atoms with E-state index >= 15 is 0 Å². The van der Waals surface area contributed by atoms with Crippen LogP contribution in [0.2, 0.25) is 0 Å². The molecule has 0 aromatic carbocycles. The number of rotatable bonds is 4. The highest BCUT2D eigenvalue weighted by Gasteiger charge is 2.26. The van der Waals surface area contributed by atoms with E-state index < -0.39 is 0 Å². The maximum atomic E-state index is 9.43. The van der Waals surface area contributed by atoms with Crippen LogP contribution in [-0.4, -0.2) is 22.7 Å². The zero-order valence-electron chi connectivity index (χ0n) is 11.6. The summed E-state index contributed by atoms with van der Waals surface area (Å²) in [5.74, 6) is 0.748. The second-order valence-corrected chi connectivity index (χ2v) is 6.52. The molecule has 18 heavy (non-hydrogen) atoms. The van der Waals surface area contributed by atoms with Gasteiger partial charge in [0.05, 0.1) is 17.2 Å². The fourth-order valence-corrected chi connectivity index (χ4v) is 3.68. The number of piperidine rings is 1. The summed E-state index contributed by atoms with van der Waals surface area (Å²) in [7, 11) is 0. The van der Waals surface area contributed by atoms with Crippen molar-refractivity contribution in [1.29, 1.82) is 0 Å². The Morgan fingerprint density at radius 2 is 2.17 bits per heavy atom. The number of aromatic nitrogens is 1. The predicted octanol–water partition coefficient (Wildman–Crippen LogP) is 3.21. The fourth-order valence-electron chi connectivity index (χ4n) is 2.60. The van der Waals surface area contributed by atoms with Crippen LogP contribution in [0.1, 0.15) is 50.6 Å². The largest absolute Gasteiger partial charge is 0.391 e. The molecule has 2 atom stereocenters. The molecule has 0 amide bonds. The molecule has 0 radical (unpaired) electrons. The molecule has 0 bridgehead atoms. The van der Waals surface area contributed by atoms with Gasteiger partial charge in [0.2, 0.25) is 0 Å². The summed E-state index contributed by atoms with van der Waals surface area (Å²) in [6.45, 7) is 7.99. The van der Waals surface area contributed by atoms with Crippen LogP contribution in [0.3, 0.4) is 0 Å². The zero-order valence-corrected chi connectivity index (χ0v) is 12.5. The van der Waals surface area contributed by atoms with E-state index in [-0.39, 0.29) is 6.61 Å². The lowest BCUT2D eigenvalue weighted by Gasteiger charge is -2.36. The van der Waals surface area contributed by atoms with Crippen LogP contribution >= 0.6 is 11.3 Å². The van der Waals surface area contributed by atoms with Gasteiger partial charge >= 0.3 is 0 Å². The minimum absolute atomic E-state index is 0.130. The van der Waals surface area contributed by atoms with Gasteiger partial charge in [-0.1, -0.05) is 31.6 Å². The third-order valence-corrected chi connectivity index (χ3v) is 4.88. The number of thiazole rings is 1. The molecule has 1 aromatic rings. The first-order chi connectivity index (χ1) is 8.65. The molecule has 1 aliphatic heterocycles. The van der Waals surface area contributed by atoms with E-state index in [0.29, 0.717) is 6.04 Å². The van der Waals surface area contributed by atoms with Crippen LogP contribution in [-0.2, 0) is 13.0 Å². The van der Waals surface area contributed by atoms with E-state index in [1.165, 1.54) is 12.8 Å². The number of hydrogen-bond acceptors (Lipinski definition) is 4. The van der Waals surface area contributed by atoms with Crippen molar-refractivity contribution >= 4 is 16.5 Å². The van der Waals surface area contributed by atoms with Crippen molar-refractivity contribution in [2.75, 3.05) is 11.4 Å². The Balaban J connectivity index is 2.21. The van der Waals surface area contributed by atoms with Crippen LogP contribution in [0.15, 0.2) is 0 Å². The number of nitrogens with zero attached hydrogens (tertiary/aromatic N) is 2. The second kappa shape index (κ2) is 6.02. The molecule has 102 valence electrons. The molecule has 3 nitrogen and oxygen atoms in total. The average Bonchev–Trinajstić information content (AvgIpc) is 2.76. The van der Waals surface area contributed by atoms with E-state index in [0.717, 1.165) is 41.0 Å². The Hall–Kier alpha value is -0.610. The maximum Gasteiger partial charge on any atom is 0.186 e. The zero-order chi connectivity index (χ0) is 13.1. The molecule has 1 N–H and O–H groups in total. The lowest BCUT2D eigenvalue weighted by molar-refractivity contribution is 0.284. The van der Waals surface area contributed by atoms with Crippen LogP contribution in [0.25, 0.3) is 0 Å². The predicted molar refractivity (Wildman–Crippen MR) is 77.2 cm³/mol. The van der Waals surface area contributed by atoms with Crippen molar-refractivity contribution in [3.05, 3.63) is 10.6 Å². The van der Waals surface area contributed by atoms with Gasteiger partial charge in [0.25, 0.3) is 0 Å². The highest BCUT2D eigenvalue weighted by molar-refractivity contribution is 7.15. The summed E-state index contributed by atoms with van der Waals surface area (Å²) in [6.07, 6.45) is 4.63. The Morgan fingerprint density at radius 3 is 2.83 bits per heavy atom. The summed E-state index contributed by atoms with van der Waals surface area (Å²) in [4.78, 5) is 8.24. The van der Waals surface area contributed by atoms with Gasteiger partial charge in [0.15, 0.2) is 5.13 Å². The van der Waals surface area contributed by atoms with E-state index in [1.54, 1.807) is 11.3 Å². The van der Waals surface area contributed by atoms with Crippen molar-refractivity contribution in [2.24, 2.45) is 5.92 Å². The van der Waals surface area contributed by atoms with Gasteiger partial charge in [-0.3, -0.25) is 0 Å². The summed E-state index contributed by atoms with van der Waals surface area (Å²) in [6, 6.07) is 0.577. The van der Waals surface area contributed by atoms with Crippen LogP contribution < -0.4 is 4.90 Å². The fraction of sp³-hybridized carbons (Fsp3) is 0.786. The van der Waals surface area contributed by atoms with Gasteiger partial charge in [0, 0.05) is 12.6 Å². The first-order valence-corrected chi connectivity index (χ1v) is 7.83. The van der Waals surface area contributed by atoms with Gasteiger partial charge in [-0.2, -0.15) is 0 Å². The Bertz CT molecular complexity index is 391. The Kier molecular flexibility index (Phi) is 4.62. The quantitative estimate of drug-likeness (QED) is 0.911. The summed E-state index contributed by atoms with van der Waals surface area (Å²) in [5, 5.41) is 10.5. The van der Waals surface area contributed by atoms with Crippen LogP contribution in [0.5, 0.6) is 0 Å². The molecule has 1 aromatic heterocycles. The molecule has 0 aliphatic carbocycles. The summed E-state index contributed by atoms with van der Waals surface area (Å²) < 4.78 is 0. The number of aliphatic hydroxyl groups excluding tert-OH is 1. The molecule has 1 aliphatic rings. The van der Waals surface area contributed by atoms with Crippen molar-refractivity contribution < 1.29 is 5.11 Å². The van der Waals surface area contributed by atoms with E-state index in [1.807, 2.05) is 0 Å². The maximum absolute atomic E-state index is 9.43. The third-order valence-electron chi connectivity index (χ3n) is 3.76. The third kappa shape index (κ3) is 2.86. The molecule has 1 saturated heterocycles. The number of aliphatic hydroxyl groups is 1. The number of aryl methyl sites for hydroxylation is 1. The Morgan fingerprint density at radius 1 is 1.39 bits per heavy atom. The Labute approximate surface area is 114 Å². The molecule has 0 saturated carbocycles. The monoisotopic (exact) mass is 268 g/mol. The van der Waals surface area contributed by atoms with Crippen molar-refractivity contribution in [3.63, 3.8) is 0 Å². The van der Waals surface area contributed by atoms with Gasteiger partial charge in [-0.05, 0) is 32.1 Å². The lowest BCUT2D eigenvalue weighted by atomic mass is 9.96. The van der Waals surface area contributed by atoms with Crippen molar-refractivity contribution in [3.8, 4) is 0 Å². The number of hydrogen-bond donors (Lipinski definition) is 1. The molecular formula is C14H24N2OS. The van der Waals surface area contributed by atoms with Gasteiger partial charge in [-0.15, -0.1) is 0 Å². The molecule has 1 fully saturated rings. The van der Waals surface area contributed by atoms with Crippen molar-refractivity contribution in [2.45, 2.75) is 59.1 Å². The standard InChI is InChI=1S/C14H24N2OS/c1-4-5-12-13(9-17)18-14(15-12)16-8-10(2)6-7-11(16)3/h10-11,17H,4-9H2,1-3H3. The van der Waals surface area contributed by atoms with Gasteiger partial charge in [0.1, 0.15) is 0 Å². The second-order valence-electron chi connectivity index (χ2n) is 5.46. The summed E-state index contributed by atoms with van der Waals surface area (Å²) in [5.41, 5.74) is 1.10. The van der Waals surface area contributed by atoms with E-state index in [4.69, 9.17) is 4.98 Å². The normalized spacial score (nSPS) is 24.6. The average molecular weight is 268 g/mol. The van der Waals surface area contributed by atoms with Crippen LogP contribution in [0.4, 0.5) is 5.13 Å². The topological polar surface area (TPSA) is 36.4 Å². The molecule has 2 heterocycles. The minimum atomic E-state index is 0.130. The summed E-state index contributed by atoms with van der Waals surface area (Å²) >= 11 is 1.68.